The number of hydrogen-bond acceptors (Lipinski definition) is 4. The zero-order valence-corrected chi connectivity index (χ0v) is 13.6. The van der Waals surface area contributed by atoms with E-state index < -0.39 is 0 Å². The average molecular weight is 282 g/mol. The predicted octanol–water partition coefficient (Wildman–Crippen LogP) is 3.79. The van der Waals surface area contributed by atoms with Crippen molar-refractivity contribution in [2.75, 3.05) is 7.11 Å². The van der Waals surface area contributed by atoms with Crippen LogP contribution in [-0.2, 0) is 16.9 Å². The molecule has 0 saturated heterocycles. The van der Waals surface area contributed by atoms with E-state index in [2.05, 4.69) is 33.0 Å². The van der Waals surface area contributed by atoms with Crippen LogP contribution in [0.5, 0.6) is 0 Å². The molecule has 0 unspecified atom stereocenters. The van der Waals surface area contributed by atoms with Crippen molar-refractivity contribution in [1.29, 1.82) is 0 Å². The summed E-state index contributed by atoms with van der Waals surface area (Å²) in [5.41, 5.74) is 1.17. The van der Waals surface area contributed by atoms with Crippen LogP contribution in [0.1, 0.15) is 68.5 Å². The normalized spacial score (nSPS) is 18.1. The van der Waals surface area contributed by atoms with E-state index in [9.17, 15) is 0 Å². The fourth-order valence-electron chi connectivity index (χ4n) is 2.44. The van der Waals surface area contributed by atoms with E-state index in [1.54, 1.807) is 0 Å². The molecule has 0 amide bonds. The third kappa shape index (κ3) is 3.01. The van der Waals surface area contributed by atoms with E-state index in [4.69, 9.17) is 9.72 Å². The highest BCUT2D eigenvalue weighted by atomic mass is 32.1. The molecule has 0 atom stereocenters. The maximum Gasteiger partial charge on any atom is 0.125 e. The van der Waals surface area contributed by atoms with E-state index >= 15 is 0 Å². The highest BCUT2D eigenvalue weighted by molar-refractivity contribution is 7.11. The van der Waals surface area contributed by atoms with Gasteiger partial charge in [-0.2, -0.15) is 0 Å². The smallest absolute Gasteiger partial charge is 0.125 e. The highest BCUT2D eigenvalue weighted by Gasteiger charge is 2.42. The van der Waals surface area contributed by atoms with Gasteiger partial charge in [0.1, 0.15) is 10.6 Å². The molecule has 0 spiro atoms. The standard InChI is InChI=1S/C15H26N2OS/c1-10(2)13-12(9-16-11(3)4)19-14(17-13)15(18-5)7-6-8-15/h10-11,16H,6-9H2,1-5H3. The summed E-state index contributed by atoms with van der Waals surface area (Å²) in [5.74, 6) is 0.475. The van der Waals surface area contributed by atoms with Crippen LogP contribution in [0.25, 0.3) is 0 Å². The van der Waals surface area contributed by atoms with Gasteiger partial charge >= 0.3 is 0 Å². The quantitative estimate of drug-likeness (QED) is 0.862. The molecule has 108 valence electrons. The van der Waals surface area contributed by atoms with Crippen LogP contribution in [0.2, 0.25) is 0 Å². The number of rotatable bonds is 6. The van der Waals surface area contributed by atoms with Crippen molar-refractivity contribution in [3.63, 3.8) is 0 Å². The first kappa shape index (κ1) is 14.9. The molecule has 0 aromatic carbocycles. The van der Waals surface area contributed by atoms with Gasteiger partial charge in [-0.15, -0.1) is 11.3 Å². The number of aromatic nitrogens is 1. The van der Waals surface area contributed by atoms with Crippen molar-refractivity contribution in [3.8, 4) is 0 Å². The Labute approximate surface area is 120 Å². The summed E-state index contributed by atoms with van der Waals surface area (Å²) >= 11 is 1.84. The Balaban J connectivity index is 2.24. The first-order valence-corrected chi connectivity index (χ1v) is 8.09. The van der Waals surface area contributed by atoms with Crippen molar-refractivity contribution >= 4 is 11.3 Å². The minimum Gasteiger partial charge on any atom is -0.371 e. The van der Waals surface area contributed by atoms with Gasteiger partial charge in [-0.1, -0.05) is 27.7 Å². The second kappa shape index (κ2) is 5.90. The Morgan fingerprint density at radius 3 is 2.42 bits per heavy atom. The number of methoxy groups -OCH3 is 1. The lowest BCUT2D eigenvalue weighted by Gasteiger charge is -2.38. The van der Waals surface area contributed by atoms with Gasteiger partial charge in [-0.25, -0.2) is 4.98 Å². The van der Waals surface area contributed by atoms with Gasteiger partial charge in [0, 0.05) is 24.6 Å². The van der Waals surface area contributed by atoms with Crippen LogP contribution < -0.4 is 5.32 Å². The van der Waals surface area contributed by atoms with E-state index in [-0.39, 0.29) is 5.60 Å². The zero-order chi connectivity index (χ0) is 14.0. The van der Waals surface area contributed by atoms with Gasteiger partial charge in [0.25, 0.3) is 0 Å². The fourth-order valence-corrected chi connectivity index (χ4v) is 3.83. The number of ether oxygens (including phenoxy) is 1. The summed E-state index contributed by atoms with van der Waals surface area (Å²) in [7, 11) is 1.82. The van der Waals surface area contributed by atoms with Gasteiger partial charge in [0.15, 0.2) is 0 Å². The molecule has 0 radical (unpaired) electrons. The summed E-state index contributed by atoms with van der Waals surface area (Å²) in [6.07, 6.45) is 3.49. The molecular formula is C15H26N2OS. The lowest BCUT2D eigenvalue weighted by atomic mass is 9.80. The SMILES string of the molecule is COC1(c2nc(C(C)C)c(CNC(C)C)s2)CCC1. The molecule has 1 saturated carbocycles. The summed E-state index contributed by atoms with van der Waals surface area (Å²) in [4.78, 5) is 6.28. The maximum atomic E-state index is 5.76. The first-order chi connectivity index (χ1) is 8.98. The van der Waals surface area contributed by atoms with Crippen molar-refractivity contribution < 1.29 is 4.74 Å². The molecule has 1 aromatic heterocycles. The first-order valence-electron chi connectivity index (χ1n) is 7.27. The number of nitrogens with zero attached hydrogens (tertiary/aromatic N) is 1. The summed E-state index contributed by atoms with van der Waals surface area (Å²) < 4.78 is 5.76. The maximum absolute atomic E-state index is 5.76. The van der Waals surface area contributed by atoms with Gasteiger partial charge in [-0.3, -0.25) is 0 Å². The molecule has 3 nitrogen and oxygen atoms in total. The highest BCUT2D eigenvalue weighted by Crippen LogP contribution is 2.46. The van der Waals surface area contributed by atoms with Crippen LogP contribution in [0.4, 0.5) is 0 Å². The van der Waals surface area contributed by atoms with Crippen LogP contribution in [-0.4, -0.2) is 18.1 Å². The Bertz CT molecular complexity index is 416. The number of hydrogen-bond donors (Lipinski definition) is 1. The summed E-state index contributed by atoms with van der Waals surface area (Å²) in [5, 5.41) is 4.69. The number of thiazole rings is 1. The van der Waals surface area contributed by atoms with Gasteiger partial charge in [-0.05, 0) is 25.2 Å². The van der Waals surface area contributed by atoms with E-state index in [1.165, 1.54) is 22.0 Å². The molecule has 1 aliphatic rings. The molecule has 0 aliphatic heterocycles. The molecule has 19 heavy (non-hydrogen) atoms. The molecule has 1 fully saturated rings. The monoisotopic (exact) mass is 282 g/mol. The second-order valence-corrected chi connectivity index (χ2v) is 7.15. The average Bonchev–Trinajstić information content (AvgIpc) is 2.70. The number of nitrogens with one attached hydrogen (secondary N) is 1. The third-order valence-electron chi connectivity index (χ3n) is 3.89. The van der Waals surface area contributed by atoms with Crippen LogP contribution in [0, 0.1) is 0 Å². The third-order valence-corrected chi connectivity index (χ3v) is 5.14. The Morgan fingerprint density at radius 2 is 2.00 bits per heavy atom. The molecule has 1 heterocycles. The molecule has 1 aromatic rings. The zero-order valence-electron chi connectivity index (χ0n) is 12.7. The Hall–Kier alpha value is -0.450. The van der Waals surface area contributed by atoms with E-state index in [0.29, 0.717) is 12.0 Å². The summed E-state index contributed by atoms with van der Waals surface area (Å²) in [6.45, 7) is 9.72. The van der Waals surface area contributed by atoms with Gasteiger partial charge < -0.3 is 10.1 Å². The minimum atomic E-state index is -0.0790. The molecule has 0 bridgehead atoms. The van der Waals surface area contributed by atoms with Crippen molar-refractivity contribution in [1.82, 2.24) is 10.3 Å². The Morgan fingerprint density at radius 1 is 1.32 bits per heavy atom. The minimum absolute atomic E-state index is 0.0790. The van der Waals surface area contributed by atoms with Gasteiger partial charge in [0.05, 0.1) is 5.69 Å². The lowest BCUT2D eigenvalue weighted by molar-refractivity contribution is -0.0780. The van der Waals surface area contributed by atoms with Crippen LogP contribution >= 0.6 is 11.3 Å². The van der Waals surface area contributed by atoms with Crippen molar-refractivity contribution in [3.05, 3.63) is 15.6 Å². The predicted molar refractivity (Wildman–Crippen MR) is 80.7 cm³/mol. The molecular weight excluding hydrogens is 256 g/mol. The molecule has 2 rings (SSSR count). The Kier molecular flexibility index (Phi) is 4.64. The van der Waals surface area contributed by atoms with Crippen LogP contribution in [0.3, 0.4) is 0 Å². The summed E-state index contributed by atoms with van der Waals surface area (Å²) in [6, 6.07) is 0.505. The van der Waals surface area contributed by atoms with E-state index in [0.717, 1.165) is 19.4 Å². The second-order valence-electron chi connectivity index (χ2n) is 6.07. The topological polar surface area (TPSA) is 34.1 Å². The fraction of sp³-hybridized carbons (Fsp3) is 0.800. The van der Waals surface area contributed by atoms with E-state index in [1.807, 2.05) is 18.4 Å². The van der Waals surface area contributed by atoms with Crippen LogP contribution in [0.15, 0.2) is 0 Å². The largest absolute Gasteiger partial charge is 0.371 e. The lowest BCUT2D eigenvalue weighted by Crippen LogP contribution is -2.35. The molecule has 4 heteroatoms. The van der Waals surface area contributed by atoms with Gasteiger partial charge in [0.2, 0.25) is 0 Å². The van der Waals surface area contributed by atoms with Crippen molar-refractivity contribution in [2.24, 2.45) is 0 Å². The molecule has 1 aliphatic carbocycles. The van der Waals surface area contributed by atoms with Crippen molar-refractivity contribution in [2.45, 2.75) is 71.1 Å². The molecule has 1 N–H and O–H groups in total.